The van der Waals surface area contributed by atoms with Crippen molar-refractivity contribution in [3.05, 3.63) is 0 Å². The van der Waals surface area contributed by atoms with Crippen LogP contribution in [0.4, 0.5) is 0 Å². The lowest BCUT2D eigenvalue weighted by molar-refractivity contribution is -0.126. The lowest BCUT2D eigenvalue weighted by Gasteiger charge is -2.19. The zero-order valence-corrected chi connectivity index (χ0v) is 25.7. The van der Waals surface area contributed by atoms with Crippen molar-refractivity contribution in [3.63, 3.8) is 0 Å². The Kier molecular flexibility index (Phi) is 27.1. The van der Waals surface area contributed by atoms with E-state index in [1.807, 2.05) is 27.7 Å². The highest BCUT2D eigenvalue weighted by atomic mass is 16.6. The van der Waals surface area contributed by atoms with Crippen LogP contribution in [0.5, 0.6) is 0 Å². The van der Waals surface area contributed by atoms with Crippen LogP contribution in [0.1, 0.15) is 41.5 Å². The molecule has 238 valence electrons. The van der Waals surface area contributed by atoms with E-state index in [0.29, 0.717) is 92.5 Å². The quantitative estimate of drug-likeness (QED) is 0.119. The number of ether oxygens (including phenoxy) is 8. The number of Topliss-reactive ketones (excluding diaryl/α,β-unsaturated/α-hetero) is 1. The fraction of sp³-hybridized carbons (Fsp3) is 0.929. The van der Waals surface area contributed by atoms with Gasteiger partial charge in [-0.1, -0.05) is 13.8 Å². The summed E-state index contributed by atoms with van der Waals surface area (Å²) in [6.07, 6.45) is 0.394. The van der Waals surface area contributed by atoms with Gasteiger partial charge in [0.05, 0.1) is 124 Å². The van der Waals surface area contributed by atoms with Gasteiger partial charge in [0, 0.05) is 5.92 Å². The molecular weight excluding hydrogens is 524 g/mol. The molecule has 0 rings (SSSR count). The van der Waals surface area contributed by atoms with Crippen molar-refractivity contribution in [2.75, 3.05) is 106 Å². The third-order valence-electron chi connectivity index (χ3n) is 5.14. The molecule has 0 atom stereocenters. The van der Waals surface area contributed by atoms with Crippen LogP contribution in [0, 0.1) is 5.92 Å². The maximum Gasteiger partial charge on any atom is 0.234 e. The van der Waals surface area contributed by atoms with E-state index in [-0.39, 0.29) is 48.9 Å². The molecule has 0 radical (unpaired) electrons. The molecule has 0 aliphatic heterocycles. The first-order chi connectivity index (χ1) is 19.2. The van der Waals surface area contributed by atoms with Crippen molar-refractivity contribution in [3.8, 4) is 0 Å². The van der Waals surface area contributed by atoms with E-state index in [1.165, 1.54) is 0 Å². The van der Waals surface area contributed by atoms with Gasteiger partial charge in [0.25, 0.3) is 0 Å². The molecule has 0 unspecified atom stereocenters. The number of hydrogen-bond donors (Lipinski definition) is 2. The third kappa shape index (κ3) is 28.3. The van der Waals surface area contributed by atoms with Gasteiger partial charge in [-0.2, -0.15) is 0 Å². The largest absolute Gasteiger partial charge is 0.377 e. The van der Waals surface area contributed by atoms with Crippen LogP contribution in [-0.4, -0.2) is 136 Å². The van der Waals surface area contributed by atoms with Crippen LogP contribution in [0.3, 0.4) is 0 Å². The predicted octanol–water partition coefficient (Wildman–Crippen LogP) is 1.24. The molecule has 0 aliphatic carbocycles. The fourth-order valence-electron chi connectivity index (χ4n) is 2.87. The van der Waals surface area contributed by atoms with Crippen LogP contribution in [0.2, 0.25) is 0 Å². The molecule has 0 aliphatic rings. The molecule has 0 spiro atoms. The van der Waals surface area contributed by atoms with Gasteiger partial charge in [-0.05, 0) is 27.7 Å². The summed E-state index contributed by atoms with van der Waals surface area (Å²) in [6.45, 7) is 18.1. The molecule has 0 fully saturated rings. The van der Waals surface area contributed by atoms with Gasteiger partial charge in [-0.15, -0.1) is 0 Å². The van der Waals surface area contributed by atoms with Crippen molar-refractivity contribution in [2.24, 2.45) is 5.92 Å². The second-order valence-electron chi connectivity index (χ2n) is 9.91. The Morgan fingerprint density at radius 2 is 0.900 bits per heavy atom. The van der Waals surface area contributed by atoms with Gasteiger partial charge in [0.2, 0.25) is 5.91 Å². The molecule has 0 aromatic carbocycles. The predicted molar refractivity (Wildman–Crippen MR) is 152 cm³/mol. The standard InChI is InChI=1S/C28H56N2O10/c1-23(2)27(31)19-30-28(32)20-29-26(21-37-13-11-33-7-9-35-15-17-39-24(3)4)22-38-14-12-34-8-10-36-16-18-40-25(5)6/h23-26,29H,7-22H2,1-6H3,(H,30,32). The number of hydrogen-bond acceptors (Lipinski definition) is 11. The van der Waals surface area contributed by atoms with E-state index >= 15 is 0 Å². The van der Waals surface area contributed by atoms with Gasteiger partial charge in [0.1, 0.15) is 0 Å². The molecule has 0 heterocycles. The van der Waals surface area contributed by atoms with E-state index < -0.39 is 0 Å². The Morgan fingerprint density at radius 1 is 0.525 bits per heavy atom. The Bertz CT molecular complexity index is 563. The summed E-state index contributed by atoms with van der Waals surface area (Å²) in [5.74, 6) is -0.397. The van der Waals surface area contributed by atoms with Crippen molar-refractivity contribution in [1.29, 1.82) is 0 Å². The van der Waals surface area contributed by atoms with E-state index in [0.717, 1.165) is 0 Å². The van der Waals surface area contributed by atoms with E-state index in [9.17, 15) is 9.59 Å². The Hall–Kier alpha value is -1.22. The minimum atomic E-state index is -0.261. The Labute approximate surface area is 241 Å². The average molecular weight is 581 g/mol. The number of ketones is 1. The fourth-order valence-corrected chi connectivity index (χ4v) is 2.87. The second kappa shape index (κ2) is 27.9. The number of nitrogens with one attached hydrogen (secondary N) is 2. The number of carbonyl (C=O) groups is 2. The molecule has 0 aromatic heterocycles. The molecule has 0 saturated carbocycles. The molecule has 12 heteroatoms. The molecule has 40 heavy (non-hydrogen) atoms. The van der Waals surface area contributed by atoms with Crippen molar-refractivity contribution in [1.82, 2.24) is 10.6 Å². The molecule has 1 amide bonds. The van der Waals surface area contributed by atoms with Gasteiger partial charge in [-0.25, -0.2) is 0 Å². The summed E-state index contributed by atoms with van der Waals surface area (Å²) in [6, 6.07) is -0.222. The Balaban J connectivity index is 4.09. The summed E-state index contributed by atoms with van der Waals surface area (Å²) in [5, 5.41) is 5.77. The van der Waals surface area contributed by atoms with Crippen molar-refractivity contribution < 1.29 is 47.5 Å². The lowest BCUT2D eigenvalue weighted by atomic mass is 10.1. The summed E-state index contributed by atoms with van der Waals surface area (Å²) < 4.78 is 44.2. The first kappa shape index (κ1) is 38.8. The first-order valence-corrected chi connectivity index (χ1v) is 14.4. The monoisotopic (exact) mass is 580 g/mol. The zero-order valence-electron chi connectivity index (χ0n) is 25.7. The maximum absolute atomic E-state index is 12.1. The molecular formula is C28H56N2O10. The summed E-state index contributed by atoms with van der Waals surface area (Å²) in [7, 11) is 0. The van der Waals surface area contributed by atoms with E-state index in [1.54, 1.807) is 13.8 Å². The summed E-state index contributed by atoms with van der Waals surface area (Å²) >= 11 is 0. The number of rotatable bonds is 30. The molecule has 12 nitrogen and oxygen atoms in total. The SMILES string of the molecule is CC(C)OCCOCCOCCOCC(COCCOCCOCCOC(C)C)NCC(=O)NCC(=O)C(C)C. The molecule has 2 N–H and O–H groups in total. The minimum absolute atomic E-state index is 0.0138. The zero-order chi connectivity index (χ0) is 29.8. The highest BCUT2D eigenvalue weighted by Gasteiger charge is 2.13. The van der Waals surface area contributed by atoms with Crippen LogP contribution >= 0.6 is 0 Å². The molecule has 0 bridgehead atoms. The summed E-state index contributed by atoms with van der Waals surface area (Å²) in [5.41, 5.74) is 0. The maximum atomic E-state index is 12.1. The highest BCUT2D eigenvalue weighted by molar-refractivity contribution is 5.87. The van der Waals surface area contributed by atoms with Gasteiger partial charge < -0.3 is 48.5 Å². The normalized spacial score (nSPS) is 11.8. The van der Waals surface area contributed by atoms with Crippen LogP contribution in [0.25, 0.3) is 0 Å². The number of amides is 1. The smallest absolute Gasteiger partial charge is 0.234 e. The topological polar surface area (TPSA) is 132 Å². The van der Waals surface area contributed by atoms with Crippen LogP contribution in [-0.2, 0) is 47.5 Å². The van der Waals surface area contributed by atoms with E-state index in [4.69, 9.17) is 37.9 Å². The first-order valence-electron chi connectivity index (χ1n) is 14.4. The summed E-state index contributed by atoms with van der Waals surface area (Å²) in [4.78, 5) is 23.9. The van der Waals surface area contributed by atoms with Crippen LogP contribution in [0.15, 0.2) is 0 Å². The lowest BCUT2D eigenvalue weighted by Crippen LogP contribution is -2.45. The van der Waals surface area contributed by atoms with Gasteiger partial charge in [0.15, 0.2) is 5.78 Å². The molecule has 0 aromatic rings. The van der Waals surface area contributed by atoms with E-state index in [2.05, 4.69) is 10.6 Å². The van der Waals surface area contributed by atoms with Gasteiger partial charge >= 0.3 is 0 Å². The van der Waals surface area contributed by atoms with Crippen LogP contribution < -0.4 is 10.6 Å². The third-order valence-corrected chi connectivity index (χ3v) is 5.14. The highest BCUT2D eigenvalue weighted by Crippen LogP contribution is 1.94. The van der Waals surface area contributed by atoms with Crippen molar-refractivity contribution in [2.45, 2.75) is 59.8 Å². The average Bonchev–Trinajstić information content (AvgIpc) is 2.90. The molecule has 0 saturated heterocycles. The second-order valence-corrected chi connectivity index (χ2v) is 9.91. The Morgan fingerprint density at radius 3 is 1.27 bits per heavy atom. The van der Waals surface area contributed by atoms with Gasteiger partial charge in [-0.3, -0.25) is 9.59 Å². The minimum Gasteiger partial charge on any atom is -0.377 e. The van der Waals surface area contributed by atoms with Crippen molar-refractivity contribution >= 4 is 11.7 Å². The number of carbonyl (C=O) groups excluding carboxylic acids is 2.